The van der Waals surface area contributed by atoms with Gasteiger partial charge in [-0.1, -0.05) is 6.42 Å². The number of rotatable bonds is 5. The first-order valence-corrected chi connectivity index (χ1v) is 12.1. The van der Waals surface area contributed by atoms with Gasteiger partial charge in [0, 0.05) is 46.2 Å². The Bertz CT molecular complexity index is 904. The number of likely N-dealkylation sites (tertiary alicyclic amines) is 1. The first-order valence-electron chi connectivity index (χ1n) is 10.7. The molecule has 2 fully saturated rings. The molecule has 1 aromatic rings. The third-order valence-electron chi connectivity index (χ3n) is 5.90. The number of sulfonamides is 1. The van der Waals surface area contributed by atoms with Gasteiger partial charge in [0.25, 0.3) is 0 Å². The van der Waals surface area contributed by atoms with Gasteiger partial charge in [0.2, 0.25) is 15.9 Å². The van der Waals surface area contributed by atoms with E-state index in [0.717, 1.165) is 19.3 Å². The van der Waals surface area contributed by atoms with Crippen LogP contribution in [0.1, 0.15) is 32.1 Å². The van der Waals surface area contributed by atoms with E-state index in [4.69, 9.17) is 4.74 Å². The maximum absolute atomic E-state index is 13.0. The number of nitrogens with zero attached hydrogens (tertiary/aromatic N) is 3. The highest BCUT2D eigenvalue weighted by atomic mass is 32.2. The predicted octanol–water partition coefficient (Wildman–Crippen LogP) is 2.20. The maximum atomic E-state index is 13.0. The average Bonchev–Trinajstić information content (AvgIpc) is 2.79. The number of amides is 3. The number of urea groups is 1. The smallest absolute Gasteiger partial charge is 0.319 e. The minimum absolute atomic E-state index is 0.0591. The van der Waals surface area contributed by atoms with Gasteiger partial charge in [-0.15, -0.1) is 0 Å². The lowest BCUT2D eigenvalue weighted by molar-refractivity contribution is -0.121. The summed E-state index contributed by atoms with van der Waals surface area (Å²) in [6.07, 6.45) is 3.86. The Morgan fingerprint density at radius 2 is 1.71 bits per heavy atom. The van der Waals surface area contributed by atoms with E-state index < -0.39 is 10.0 Å². The van der Waals surface area contributed by atoms with Crippen LogP contribution in [0.2, 0.25) is 0 Å². The third kappa shape index (κ3) is 5.30. The number of anilines is 1. The first kappa shape index (κ1) is 23.3. The van der Waals surface area contributed by atoms with Gasteiger partial charge in [0.05, 0.1) is 17.7 Å². The zero-order chi connectivity index (χ0) is 22.6. The Labute approximate surface area is 184 Å². The summed E-state index contributed by atoms with van der Waals surface area (Å²) < 4.78 is 32.9. The molecule has 1 aromatic carbocycles. The zero-order valence-corrected chi connectivity index (χ0v) is 19.3. The highest BCUT2D eigenvalue weighted by Gasteiger charge is 2.30. The summed E-state index contributed by atoms with van der Waals surface area (Å²) >= 11 is 0. The molecule has 0 unspecified atom stereocenters. The van der Waals surface area contributed by atoms with Crippen LogP contribution in [-0.4, -0.2) is 81.8 Å². The molecule has 0 bridgehead atoms. The molecule has 3 rings (SSSR count). The van der Waals surface area contributed by atoms with E-state index in [1.54, 1.807) is 25.1 Å². The number of nitrogens with one attached hydrogen (secondary N) is 1. The minimum atomic E-state index is -3.62. The van der Waals surface area contributed by atoms with Crippen LogP contribution in [0.25, 0.3) is 0 Å². The molecule has 3 amide bonds. The van der Waals surface area contributed by atoms with E-state index in [1.165, 1.54) is 28.4 Å². The van der Waals surface area contributed by atoms with Crippen molar-refractivity contribution >= 4 is 27.6 Å². The third-order valence-corrected chi connectivity index (χ3v) is 7.80. The molecule has 0 atom stereocenters. The molecule has 172 valence electrons. The topological polar surface area (TPSA) is 99.3 Å². The Balaban J connectivity index is 1.71. The normalized spacial score (nSPS) is 18.5. The van der Waals surface area contributed by atoms with E-state index in [0.29, 0.717) is 50.5 Å². The van der Waals surface area contributed by atoms with E-state index in [2.05, 4.69) is 5.32 Å². The molecule has 2 aliphatic heterocycles. The molecule has 1 N–H and O–H groups in total. The fraction of sp³-hybridized carbons (Fsp3) is 0.619. The van der Waals surface area contributed by atoms with E-state index >= 15 is 0 Å². The summed E-state index contributed by atoms with van der Waals surface area (Å²) in [5.74, 6) is -0.0350. The molecular weight excluding hydrogens is 420 g/mol. The number of carbonyl (C=O) groups excluding carboxylic acids is 2. The van der Waals surface area contributed by atoms with Gasteiger partial charge >= 0.3 is 6.03 Å². The number of carbonyl (C=O) groups is 2. The lowest BCUT2D eigenvalue weighted by atomic mass is 9.96. The second-order valence-corrected chi connectivity index (χ2v) is 10.2. The molecule has 0 aliphatic carbocycles. The molecule has 0 radical (unpaired) electrons. The summed E-state index contributed by atoms with van der Waals surface area (Å²) in [4.78, 5) is 28.4. The van der Waals surface area contributed by atoms with Crippen molar-refractivity contribution in [3.63, 3.8) is 0 Å². The fourth-order valence-corrected chi connectivity index (χ4v) is 5.59. The summed E-state index contributed by atoms with van der Waals surface area (Å²) in [6, 6.07) is 4.51. The van der Waals surface area contributed by atoms with Crippen molar-refractivity contribution in [2.45, 2.75) is 37.0 Å². The molecule has 31 heavy (non-hydrogen) atoms. The van der Waals surface area contributed by atoms with Crippen molar-refractivity contribution in [1.29, 1.82) is 0 Å². The lowest BCUT2D eigenvalue weighted by Crippen LogP contribution is -2.45. The van der Waals surface area contributed by atoms with Gasteiger partial charge in [-0.3, -0.25) is 4.79 Å². The van der Waals surface area contributed by atoms with Crippen LogP contribution in [0, 0.1) is 5.92 Å². The number of hydrogen-bond donors (Lipinski definition) is 1. The summed E-state index contributed by atoms with van der Waals surface area (Å²) in [5, 5.41) is 2.85. The van der Waals surface area contributed by atoms with E-state index in [1.807, 2.05) is 0 Å². The van der Waals surface area contributed by atoms with E-state index in [-0.39, 0.29) is 22.8 Å². The quantitative estimate of drug-likeness (QED) is 0.738. The van der Waals surface area contributed by atoms with Crippen LogP contribution in [0.15, 0.2) is 23.1 Å². The second kappa shape index (κ2) is 9.86. The number of benzene rings is 1. The average molecular weight is 453 g/mol. The standard InChI is InChI=1S/C21H32N4O5S/c1-23(2)21(27)24-13-9-16(10-14-24)20(26)22-18-15-17(7-8-19(18)30-3)31(28,29)25-11-5-4-6-12-25/h7-8,15-16H,4-6,9-14H2,1-3H3,(H,22,26). The molecule has 0 saturated carbocycles. The van der Waals surface area contributed by atoms with Crippen molar-refractivity contribution in [1.82, 2.24) is 14.1 Å². The number of hydrogen-bond acceptors (Lipinski definition) is 5. The van der Waals surface area contributed by atoms with Crippen molar-refractivity contribution in [2.24, 2.45) is 5.92 Å². The van der Waals surface area contributed by atoms with Gasteiger partial charge in [-0.2, -0.15) is 4.31 Å². The number of methoxy groups -OCH3 is 1. The van der Waals surface area contributed by atoms with Crippen molar-refractivity contribution in [3.8, 4) is 5.75 Å². The Morgan fingerprint density at radius 3 is 2.29 bits per heavy atom. The van der Waals surface area contributed by atoms with Gasteiger partial charge in [-0.05, 0) is 43.9 Å². The number of ether oxygens (including phenoxy) is 1. The van der Waals surface area contributed by atoms with Crippen LogP contribution in [-0.2, 0) is 14.8 Å². The first-order chi connectivity index (χ1) is 14.7. The van der Waals surface area contributed by atoms with Crippen LogP contribution < -0.4 is 10.1 Å². The van der Waals surface area contributed by atoms with Gasteiger partial charge in [-0.25, -0.2) is 13.2 Å². The highest BCUT2D eigenvalue weighted by molar-refractivity contribution is 7.89. The van der Waals surface area contributed by atoms with Crippen molar-refractivity contribution in [2.75, 3.05) is 52.7 Å². The zero-order valence-electron chi connectivity index (χ0n) is 18.5. The largest absolute Gasteiger partial charge is 0.495 e. The summed E-state index contributed by atoms with van der Waals surface area (Å²) in [6.45, 7) is 2.05. The summed E-state index contributed by atoms with van der Waals surface area (Å²) in [5.41, 5.74) is 0.345. The highest BCUT2D eigenvalue weighted by Crippen LogP contribution is 2.31. The minimum Gasteiger partial charge on any atom is -0.495 e. The van der Waals surface area contributed by atoms with Crippen LogP contribution in [0.4, 0.5) is 10.5 Å². The SMILES string of the molecule is COc1ccc(S(=O)(=O)N2CCCCC2)cc1NC(=O)C1CCN(C(=O)N(C)C)CC1. The molecule has 0 spiro atoms. The fourth-order valence-electron chi connectivity index (χ4n) is 4.05. The van der Waals surface area contributed by atoms with Crippen LogP contribution in [0.3, 0.4) is 0 Å². The van der Waals surface area contributed by atoms with Gasteiger partial charge < -0.3 is 19.9 Å². The molecule has 2 saturated heterocycles. The molecule has 2 aliphatic rings. The molecule has 2 heterocycles. The lowest BCUT2D eigenvalue weighted by Gasteiger charge is -2.33. The van der Waals surface area contributed by atoms with Gasteiger partial charge in [0.15, 0.2) is 0 Å². The van der Waals surface area contributed by atoms with Gasteiger partial charge in [0.1, 0.15) is 5.75 Å². The predicted molar refractivity (Wildman–Crippen MR) is 118 cm³/mol. The molecule has 9 nitrogen and oxygen atoms in total. The van der Waals surface area contributed by atoms with Crippen molar-refractivity contribution in [3.05, 3.63) is 18.2 Å². The number of piperidine rings is 2. The molecule has 0 aromatic heterocycles. The Morgan fingerprint density at radius 1 is 1.06 bits per heavy atom. The van der Waals surface area contributed by atoms with Crippen LogP contribution in [0.5, 0.6) is 5.75 Å². The molecular formula is C21H32N4O5S. The van der Waals surface area contributed by atoms with Crippen LogP contribution >= 0.6 is 0 Å². The Hall–Kier alpha value is -2.33. The second-order valence-electron chi connectivity index (χ2n) is 8.25. The monoisotopic (exact) mass is 452 g/mol. The summed E-state index contributed by atoms with van der Waals surface area (Å²) in [7, 11) is 1.28. The molecule has 10 heteroatoms. The maximum Gasteiger partial charge on any atom is 0.319 e. The van der Waals surface area contributed by atoms with Crippen molar-refractivity contribution < 1.29 is 22.7 Å². The van der Waals surface area contributed by atoms with E-state index in [9.17, 15) is 18.0 Å². The Kier molecular flexibility index (Phi) is 7.42.